The van der Waals surface area contributed by atoms with Crippen LogP contribution in [0.5, 0.6) is 0 Å². The van der Waals surface area contributed by atoms with Crippen LogP contribution in [0.4, 0.5) is 0 Å². The summed E-state index contributed by atoms with van der Waals surface area (Å²) in [4.78, 5) is 15.3. The summed E-state index contributed by atoms with van der Waals surface area (Å²) in [6.07, 6.45) is 7.37. The molecule has 2 atom stereocenters. The summed E-state index contributed by atoms with van der Waals surface area (Å²) in [6, 6.07) is 16.0. The lowest BCUT2D eigenvalue weighted by Crippen LogP contribution is -2.49. The van der Waals surface area contributed by atoms with Crippen molar-refractivity contribution in [3.63, 3.8) is 0 Å². The average molecular weight is 402 g/mol. The van der Waals surface area contributed by atoms with Crippen molar-refractivity contribution >= 4 is 5.91 Å². The second kappa shape index (κ2) is 8.05. The predicted octanol–water partition coefficient (Wildman–Crippen LogP) is 5.51. The first-order chi connectivity index (χ1) is 14.7. The summed E-state index contributed by atoms with van der Waals surface area (Å²) in [5.41, 5.74) is 3.65. The third-order valence-electron chi connectivity index (χ3n) is 6.61. The van der Waals surface area contributed by atoms with E-state index in [4.69, 9.17) is 4.42 Å². The number of fused-ring (bicyclic) bond motifs is 1. The molecule has 3 aromatic rings. The lowest BCUT2D eigenvalue weighted by atomic mass is 9.78. The number of carbonyl (C=O) groups excluding carboxylic acids is 1. The van der Waals surface area contributed by atoms with Gasteiger partial charge in [-0.3, -0.25) is 4.79 Å². The zero-order valence-electron chi connectivity index (χ0n) is 17.4. The maximum Gasteiger partial charge on any atom is 0.254 e. The number of carbonyl (C=O) groups is 1. The molecule has 5 rings (SSSR count). The number of aromatic nitrogens is 2. The second-order valence-electron chi connectivity index (χ2n) is 8.61. The molecule has 0 spiro atoms. The molecule has 1 saturated carbocycles. The number of benzene rings is 2. The highest BCUT2D eigenvalue weighted by Gasteiger charge is 2.35. The predicted molar refractivity (Wildman–Crippen MR) is 116 cm³/mol. The largest absolute Gasteiger partial charge is 0.416 e. The molecule has 0 unspecified atom stereocenters. The van der Waals surface area contributed by atoms with Gasteiger partial charge in [-0.2, -0.15) is 0 Å². The quantitative estimate of drug-likeness (QED) is 0.581. The van der Waals surface area contributed by atoms with Crippen LogP contribution in [-0.2, 0) is 0 Å². The highest BCUT2D eigenvalue weighted by molar-refractivity contribution is 5.95. The molecule has 5 heteroatoms. The third kappa shape index (κ3) is 3.64. The first-order valence-corrected chi connectivity index (χ1v) is 11.0. The van der Waals surface area contributed by atoms with Crippen LogP contribution in [0.2, 0.25) is 0 Å². The van der Waals surface area contributed by atoms with Gasteiger partial charge in [0.25, 0.3) is 5.91 Å². The van der Waals surface area contributed by atoms with Crippen LogP contribution in [0.15, 0.2) is 52.9 Å². The maximum absolute atomic E-state index is 13.2. The number of nitrogens with zero attached hydrogens (tertiary/aromatic N) is 3. The minimum atomic E-state index is 0.157. The smallest absolute Gasteiger partial charge is 0.254 e. The summed E-state index contributed by atoms with van der Waals surface area (Å²) in [7, 11) is 0. The molecular weight excluding hydrogens is 374 g/mol. The van der Waals surface area contributed by atoms with E-state index in [9.17, 15) is 4.79 Å². The number of hydrogen-bond acceptors (Lipinski definition) is 4. The SMILES string of the molecule is Cc1ccc(-c2nnc(-c3ccc(C(=O)N4CCC[C@@H]5CCCC[C@H]54)cc3)o2)cc1. The van der Waals surface area contributed by atoms with E-state index in [1.54, 1.807) is 0 Å². The highest BCUT2D eigenvalue weighted by atomic mass is 16.4. The second-order valence-corrected chi connectivity index (χ2v) is 8.61. The van der Waals surface area contributed by atoms with Crippen LogP contribution in [0, 0.1) is 12.8 Å². The molecule has 1 saturated heterocycles. The molecule has 154 valence electrons. The van der Waals surface area contributed by atoms with Gasteiger partial charge in [0.1, 0.15) is 0 Å². The molecule has 0 bridgehead atoms. The van der Waals surface area contributed by atoms with Crippen molar-refractivity contribution in [3.05, 3.63) is 59.7 Å². The van der Waals surface area contributed by atoms with Crippen molar-refractivity contribution in [3.8, 4) is 22.9 Å². The first-order valence-electron chi connectivity index (χ1n) is 11.0. The lowest BCUT2D eigenvalue weighted by Gasteiger charge is -2.44. The molecule has 1 aliphatic carbocycles. The summed E-state index contributed by atoms with van der Waals surface area (Å²) in [5, 5.41) is 8.37. The highest BCUT2D eigenvalue weighted by Crippen LogP contribution is 2.36. The Bertz CT molecular complexity index is 1020. The molecule has 1 aliphatic heterocycles. The fourth-order valence-corrected chi connectivity index (χ4v) is 4.95. The molecule has 0 N–H and O–H groups in total. The Balaban J connectivity index is 1.33. The number of hydrogen-bond donors (Lipinski definition) is 0. The van der Waals surface area contributed by atoms with Crippen molar-refractivity contribution < 1.29 is 9.21 Å². The van der Waals surface area contributed by atoms with Gasteiger partial charge in [-0.05, 0) is 74.9 Å². The Morgan fingerprint density at radius 2 is 1.47 bits per heavy atom. The van der Waals surface area contributed by atoms with E-state index >= 15 is 0 Å². The van der Waals surface area contributed by atoms with E-state index in [1.807, 2.05) is 55.5 Å². The average Bonchev–Trinajstić information content (AvgIpc) is 3.29. The van der Waals surface area contributed by atoms with Crippen molar-refractivity contribution in [2.24, 2.45) is 5.92 Å². The minimum Gasteiger partial charge on any atom is -0.416 e. The normalized spacial score (nSPS) is 21.3. The van der Waals surface area contributed by atoms with E-state index in [0.29, 0.717) is 23.7 Å². The number of piperidine rings is 1. The van der Waals surface area contributed by atoms with Gasteiger partial charge in [0, 0.05) is 29.3 Å². The lowest BCUT2D eigenvalue weighted by molar-refractivity contribution is 0.0390. The Morgan fingerprint density at radius 3 is 2.17 bits per heavy atom. The Morgan fingerprint density at radius 1 is 0.867 bits per heavy atom. The van der Waals surface area contributed by atoms with Crippen LogP contribution in [0.25, 0.3) is 22.9 Å². The number of amides is 1. The molecule has 1 aromatic heterocycles. The van der Waals surface area contributed by atoms with Crippen LogP contribution in [-0.4, -0.2) is 33.6 Å². The third-order valence-corrected chi connectivity index (χ3v) is 6.61. The van der Waals surface area contributed by atoms with Crippen LogP contribution in [0.3, 0.4) is 0 Å². The van der Waals surface area contributed by atoms with Gasteiger partial charge < -0.3 is 9.32 Å². The molecule has 2 aliphatic rings. The van der Waals surface area contributed by atoms with Crippen molar-refractivity contribution in [2.45, 2.75) is 51.5 Å². The van der Waals surface area contributed by atoms with E-state index in [1.165, 1.54) is 31.2 Å². The van der Waals surface area contributed by atoms with Gasteiger partial charge in [-0.1, -0.05) is 30.5 Å². The van der Waals surface area contributed by atoms with Gasteiger partial charge in [0.2, 0.25) is 11.8 Å². The summed E-state index contributed by atoms with van der Waals surface area (Å²) < 4.78 is 5.87. The van der Waals surface area contributed by atoms with E-state index in [-0.39, 0.29) is 5.91 Å². The van der Waals surface area contributed by atoms with Gasteiger partial charge in [-0.15, -0.1) is 10.2 Å². The van der Waals surface area contributed by atoms with Crippen LogP contribution >= 0.6 is 0 Å². The fourth-order valence-electron chi connectivity index (χ4n) is 4.95. The van der Waals surface area contributed by atoms with Gasteiger partial charge in [0.15, 0.2) is 0 Å². The van der Waals surface area contributed by atoms with Crippen molar-refractivity contribution in [2.75, 3.05) is 6.54 Å². The van der Waals surface area contributed by atoms with Gasteiger partial charge >= 0.3 is 0 Å². The van der Waals surface area contributed by atoms with E-state index in [2.05, 4.69) is 15.1 Å². The molecule has 1 amide bonds. The Kier molecular flexibility index (Phi) is 5.11. The molecule has 2 heterocycles. The van der Waals surface area contributed by atoms with E-state index in [0.717, 1.165) is 36.1 Å². The summed E-state index contributed by atoms with van der Waals surface area (Å²) in [5.74, 6) is 1.81. The zero-order chi connectivity index (χ0) is 20.5. The fraction of sp³-hybridized carbons (Fsp3) is 0.400. The van der Waals surface area contributed by atoms with Crippen LogP contribution < -0.4 is 0 Å². The number of rotatable bonds is 3. The summed E-state index contributed by atoms with van der Waals surface area (Å²) in [6.45, 7) is 2.93. The molecule has 2 aromatic carbocycles. The van der Waals surface area contributed by atoms with Crippen LogP contribution in [0.1, 0.15) is 54.4 Å². The first kappa shape index (κ1) is 19.0. The standard InChI is InChI=1S/C25H27N3O2/c1-17-8-10-19(11-9-17)23-26-27-24(30-23)20-12-14-21(15-13-20)25(29)28-16-4-6-18-5-2-3-7-22(18)28/h8-15,18,22H,2-7,16H2,1H3/t18-,22+/m0/s1. The summed E-state index contributed by atoms with van der Waals surface area (Å²) >= 11 is 0. The monoisotopic (exact) mass is 401 g/mol. The van der Waals surface area contributed by atoms with Crippen molar-refractivity contribution in [1.82, 2.24) is 15.1 Å². The van der Waals surface area contributed by atoms with Gasteiger partial charge in [0.05, 0.1) is 0 Å². The molecule has 5 nitrogen and oxygen atoms in total. The molecule has 0 radical (unpaired) electrons. The van der Waals surface area contributed by atoms with Crippen molar-refractivity contribution in [1.29, 1.82) is 0 Å². The van der Waals surface area contributed by atoms with E-state index < -0.39 is 0 Å². The minimum absolute atomic E-state index is 0.157. The van der Waals surface area contributed by atoms with Gasteiger partial charge in [-0.25, -0.2) is 0 Å². The molecular formula is C25H27N3O2. The molecule has 2 fully saturated rings. The Hall–Kier alpha value is -2.95. The molecule has 30 heavy (non-hydrogen) atoms. The Labute approximate surface area is 177 Å². The maximum atomic E-state index is 13.2. The number of likely N-dealkylation sites (tertiary alicyclic amines) is 1. The number of aryl methyl sites for hydroxylation is 1. The topological polar surface area (TPSA) is 59.2 Å². The zero-order valence-corrected chi connectivity index (χ0v) is 17.4.